The van der Waals surface area contributed by atoms with E-state index in [9.17, 15) is 0 Å². The van der Waals surface area contributed by atoms with Crippen LogP contribution in [0.3, 0.4) is 0 Å². The van der Waals surface area contributed by atoms with Crippen molar-refractivity contribution in [2.75, 3.05) is 0 Å². The van der Waals surface area contributed by atoms with Gasteiger partial charge in [0, 0.05) is 0 Å². The van der Waals surface area contributed by atoms with Gasteiger partial charge in [-0.1, -0.05) is 25.0 Å². The summed E-state index contributed by atoms with van der Waals surface area (Å²) in [6.07, 6.45) is 6.24. The van der Waals surface area contributed by atoms with E-state index in [4.69, 9.17) is 9.07 Å². The average molecular weight is 199 g/mol. The fourth-order valence-electron chi connectivity index (χ4n) is 1.23. The first-order chi connectivity index (χ1) is 5.66. The van der Waals surface area contributed by atoms with Crippen LogP contribution in [0.1, 0.15) is 40.0 Å². The zero-order valence-electron chi connectivity index (χ0n) is 8.57. The van der Waals surface area contributed by atoms with Crippen LogP contribution in [0.5, 0.6) is 0 Å². The largest absolute Gasteiger partial charge is 0.501 e. The quantitative estimate of drug-likeness (QED) is 0.447. The van der Waals surface area contributed by atoms with Gasteiger partial charge in [-0.15, -0.1) is 4.55 Å². The van der Waals surface area contributed by atoms with Crippen molar-refractivity contribution in [2.24, 2.45) is 5.92 Å². The molecule has 0 fully saturated rings. The van der Waals surface area contributed by atoms with Gasteiger partial charge in [0.1, 0.15) is 0 Å². The first-order valence-corrected chi connectivity index (χ1v) is 8.00. The maximum absolute atomic E-state index is 5.76. The first-order valence-electron chi connectivity index (χ1n) is 4.86. The molecule has 0 saturated heterocycles. The van der Waals surface area contributed by atoms with Gasteiger partial charge in [0.2, 0.25) is 0 Å². The van der Waals surface area contributed by atoms with Crippen LogP contribution in [0, 0.1) is 5.92 Å². The maximum atomic E-state index is 5.76. The number of allylic oxidation sites excluding steroid dienone is 2. The van der Waals surface area contributed by atoms with Crippen LogP contribution in [-0.4, -0.2) is 19.3 Å². The van der Waals surface area contributed by atoms with Crippen LogP contribution in [-0.2, 0) is 0 Å². The highest BCUT2D eigenvalue weighted by Gasteiger charge is 2.00. The summed E-state index contributed by atoms with van der Waals surface area (Å²) in [4.78, 5) is 0. The van der Waals surface area contributed by atoms with E-state index in [-0.39, 0.29) is 19.3 Å². The predicted molar refractivity (Wildman–Crippen MR) is 58.9 cm³/mol. The third-order valence-electron chi connectivity index (χ3n) is 2.04. The van der Waals surface area contributed by atoms with Crippen LogP contribution >= 0.6 is 9.07 Å². The van der Waals surface area contributed by atoms with Gasteiger partial charge >= 0.3 is 19.3 Å². The van der Waals surface area contributed by atoms with E-state index in [1.807, 2.05) is 0 Å². The van der Waals surface area contributed by atoms with Crippen molar-refractivity contribution in [3.63, 3.8) is 0 Å². The molecule has 0 nitrogen and oxygen atoms in total. The Morgan fingerprint density at radius 2 is 2.08 bits per heavy atom. The molecule has 0 bridgehead atoms. The van der Waals surface area contributed by atoms with E-state index in [1.54, 1.807) is 0 Å². The average Bonchev–Trinajstić information content (AvgIpc) is 2.00. The molecule has 0 aliphatic carbocycles. The Hall–Kier alpha value is 0.796. The van der Waals surface area contributed by atoms with Crippen LogP contribution in [0.25, 0.3) is 0 Å². The van der Waals surface area contributed by atoms with E-state index < -0.39 is 0 Å². The summed E-state index contributed by atoms with van der Waals surface area (Å²) in [6.45, 7) is 6.66. The van der Waals surface area contributed by atoms with Gasteiger partial charge in [0.25, 0.3) is 0 Å². The fraction of sp³-hybridized carbons (Fsp3) is 0.800. The molecule has 0 heterocycles. The summed E-state index contributed by atoms with van der Waals surface area (Å²) < 4.78 is 1.30. The van der Waals surface area contributed by atoms with E-state index in [0.29, 0.717) is 0 Å². The predicted octanol–water partition coefficient (Wildman–Crippen LogP) is 4.04. The first kappa shape index (κ1) is 12.8. The molecule has 0 N–H and O–H groups in total. The molecule has 68 valence electrons. The molecule has 0 spiro atoms. The second-order valence-corrected chi connectivity index (χ2v) is 6.01. The van der Waals surface area contributed by atoms with Crippen molar-refractivity contribution in [1.82, 2.24) is 0 Å². The zero-order valence-corrected chi connectivity index (χ0v) is 10.7. The van der Waals surface area contributed by atoms with Crippen LogP contribution in [0.15, 0.2) is 11.6 Å². The SMILES string of the molecule is CC(C)=CCCC(C)C[CH2][Mg][Cl]. The molecule has 2 heteroatoms. The lowest BCUT2D eigenvalue weighted by atomic mass is 10.0. The second-order valence-electron chi connectivity index (χ2n) is 3.80. The Bertz CT molecular complexity index is 128. The summed E-state index contributed by atoms with van der Waals surface area (Å²) in [5.74, 6) is 0.867. The Morgan fingerprint density at radius 1 is 1.42 bits per heavy atom. The van der Waals surface area contributed by atoms with Gasteiger partial charge in [-0.05, 0) is 32.6 Å². The summed E-state index contributed by atoms with van der Waals surface area (Å²) in [7, 11) is 5.76. The molecule has 0 radical (unpaired) electrons. The molecule has 0 aliphatic heterocycles. The zero-order chi connectivity index (χ0) is 9.40. The number of hydrogen-bond donors (Lipinski definition) is 0. The molecule has 1 atom stereocenters. The van der Waals surface area contributed by atoms with Gasteiger partial charge in [-0.2, -0.15) is 0 Å². The van der Waals surface area contributed by atoms with Crippen molar-refractivity contribution < 1.29 is 0 Å². The topological polar surface area (TPSA) is 0 Å². The Labute approximate surface area is 90.3 Å². The van der Waals surface area contributed by atoms with Crippen molar-refractivity contribution in [1.29, 1.82) is 0 Å². The third-order valence-corrected chi connectivity index (χ3v) is 3.52. The molecule has 0 aromatic heterocycles. The monoisotopic (exact) mass is 198 g/mol. The molecule has 0 aromatic rings. The highest BCUT2D eigenvalue weighted by molar-refractivity contribution is 6.93. The highest BCUT2D eigenvalue weighted by atomic mass is 35.5. The molecular weight excluding hydrogens is 180 g/mol. The highest BCUT2D eigenvalue weighted by Crippen LogP contribution is 2.13. The van der Waals surface area contributed by atoms with Crippen molar-refractivity contribution in [3.8, 4) is 0 Å². The number of halogens is 1. The Kier molecular flexibility index (Phi) is 8.95. The smallest absolute Gasteiger partial charge is 0.346 e. The van der Waals surface area contributed by atoms with Gasteiger partial charge in [-0.25, -0.2) is 0 Å². The minimum atomic E-state index is -0.211. The third kappa shape index (κ3) is 8.89. The Morgan fingerprint density at radius 3 is 2.58 bits per heavy atom. The summed E-state index contributed by atoms with van der Waals surface area (Å²) in [5.41, 5.74) is 1.44. The van der Waals surface area contributed by atoms with E-state index >= 15 is 0 Å². The van der Waals surface area contributed by atoms with Gasteiger partial charge in [0.15, 0.2) is 0 Å². The lowest BCUT2D eigenvalue weighted by Crippen LogP contribution is -1.94. The molecule has 0 amide bonds. The summed E-state index contributed by atoms with van der Waals surface area (Å²) in [5, 5.41) is 0. The van der Waals surface area contributed by atoms with Gasteiger partial charge in [-0.3, -0.25) is 0 Å². The maximum Gasteiger partial charge on any atom is 0.501 e. The van der Waals surface area contributed by atoms with Crippen molar-refractivity contribution >= 4 is 28.3 Å². The molecule has 0 aromatic carbocycles. The van der Waals surface area contributed by atoms with Crippen molar-refractivity contribution in [2.45, 2.75) is 44.6 Å². The van der Waals surface area contributed by atoms with Gasteiger partial charge in [0.05, 0.1) is 0 Å². The van der Waals surface area contributed by atoms with Crippen LogP contribution < -0.4 is 0 Å². The molecule has 0 saturated carbocycles. The standard InChI is InChI=1S/C10H19.ClH.Mg/c1-5-10(4)8-6-7-9(2)3;;/h7,10H,1,5-6,8H2,2-4H3;1H;/q;;+1/p-1. The molecule has 0 aliphatic rings. The fourth-order valence-corrected chi connectivity index (χ4v) is 2.54. The number of hydrogen-bond acceptors (Lipinski definition) is 0. The van der Waals surface area contributed by atoms with Gasteiger partial charge < -0.3 is 9.07 Å². The Balaban J connectivity index is 3.31. The normalized spacial score (nSPS) is 12.0. The van der Waals surface area contributed by atoms with Crippen molar-refractivity contribution in [3.05, 3.63) is 11.6 Å². The molecular formula is C10H19ClMg. The lowest BCUT2D eigenvalue weighted by Gasteiger charge is -2.07. The minimum Gasteiger partial charge on any atom is -0.346 e. The summed E-state index contributed by atoms with van der Waals surface area (Å²) in [6, 6.07) is 0. The molecule has 0 rings (SSSR count). The summed E-state index contributed by atoms with van der Waals surface area (Å²) >= 11 is -0.211. The second kappa shape index (κ2) is 8.40. The molecule has 12 heavy (non-hydrogen) atoms. The lowest BCUT2D eigenvalue weighted by molar-refractivity contribution is 0.521. The van der Waals surface area contributed by atoms with E-state index in [1.165, 1.54) is 29.4 Å². The van der Waals surface area contributed by atoms with E-state index in [0.717, 1.165) is 5.92 Å². The number of rotatable bonds is 6. The minimum absolute atomic E-state index is 0.211. The van der Waals surface area contributed by atoms with E-state index in [2.05, 4.69) is 26.8 Å². The molecule has 1 unspecified atom stereocenters. The van der Waals surface area contributed by atoms with Crippen LogP contribution in [0.4, 0.5) is 0 Å². The van der Waals surface area contributed by atoms with Crippen LogP contribution in [0.2, 0.25) is 4.55 Å².